The summed E-state index contributed by atoms with van der Waals surface area (Å²) >= 11 is 0. The Balaban J connectivity index is 4.39. The quantitative estimate of drug-likeness (QED) is 0.0261. The Morgan fingerprint density at radius 1 is 0.274 bits per heavy atom. The molecule has 73 heavy (non-hydrogen) atoms. The molecule has 0 rings (SSSR count). The van der Waals surface area contributed by atoms with Gasteiger partial charge in [0.1, 0.15) is 13.2 Å². The molecule has 0 fully saturated rings. The van der Waals surface area contributed by atoms with E-state index < -0.39 is 6.10 Å². The van der Waals surface area contributed by atoms with E-state index in [1.54, 1.807) is 0 Å². The Morgan fingerprint density at radius 3 is 0.808 bits per heavy atom. The van der Waals surface area contributed by atoms with Gasteiger partial charge in [-0.2, -0.15) is 0 Å². The third-order valence-electron chi connectivity index (χ3n) is 14.0. The zero-order valence-corrected chi connectivity index (χ0v) is 48.7. The van der Waals surface area contributed by atoms with Gasteiger partial charge < -0.3 is 14.2 Å². The van der Waals surface area contributed by atoms with Gasteiger partial charge in [0.15, 0.2) is 6.10 Å². The Hall–Kier alpha value is -2.89. The summed E-state index contributed by atoms with van der Waals surface area (Å²) in [4.78, 5) is 38.3. The van der Waals surface area contributed by atoms with Crippen LogP contribution in [0.25, 0.3) is 0 Å². The molecule has 0 aromatic carbocycles. The van der Waals surface area contributed by atoms with E-state index in [0.29, 0.717) is 19.3 Å². The lowest BCUT2D eigenvalue weighted by atomic mass is 10.0. The van der Waals surface area contributed by atoms with E-state index in [1.807, 2.05) is 0 Å². The average Bonchev–Trinajstić information content (AvgIpc) is 3.39. The van der Waals surface area contributed by atoms with E-state index in [0.717, 1.165) is 83.5 Å². The summed E-state index contributed by atoms with van der Waals surface area (Å²) in [6.07, 6.45) is 77.9. The predicted octanol–water partition coefficient (Wildman–Crippen LogP) is 21.6. The monoisotopic (exact) mass is 1020 g/mol. The molecule has 0 saturated heterocycles. The Morgan fingerprint density at radius 2 is 0.493 bits per heavy atom. The normalized spacial score (nSPS) is 12.4. The second kappa shape index (κ2) is 61.7. The van der Waals surface area contributed by atoms with Crippen LogP contribution in [0.15, 0.2) is 60.8 Å². The van der Waals surface area contributed by atoms with Crippen LogP contribution in [0.1, 0.15) is 329 Å². The lowest BCUT2D eigenvalue weighted by molar-refractivity contribution is -0.167. The number of hydrogen-bond acceptors (Lipinski definition) is 6. The molecular weight excluding hydrogens is 901 g/mol. The van der Waals surface area contributed by atoms with Gasteiger partial charge in [-0.25, -0.2) is 0 Å². The van der Waals surface area contributed by atoms with Crippen LogP contribution in [0.3, 0.4) is 0 Å². The van der Waals surface area contributed by atoms with Crippen LogP contribution >= 0.6 is 0 Å². The maximum Gasteiger partial charge on any atom is 0.306 e. The fourth-order valence-corrected chi connectivity index (χ4v) is 9.15. The van der Waals surface area contributed by atoms with E-state index in [9.17, 15) is 14.4 Å². The molecule has 0 aliphatic rings. The number of carbonyl (C=O) groups is 3. The third kappa shape index (κ3) is 59.9. The highest BCUT2D eigenvalue weighted by Gasteiger charge is 2.19. The largest absolute Gasteiger partial charge is 0.462 e. The zero-order valence-electron chi connectivity index (χ0n) is 48.7. The second-order valence-electron chi connectivity index (χ2n) is 21.3. The van der Waals surface area contributed by atoms with Gasteiger partial charge in [-0.05, 0) is 109 Å². The van der Waals surface area contributed by atoms with Crippen LogP contribution in [0.5, 0.6) is 0 Å². The van der Waals surface area contributed by atoms with Crippen LogP contribution in [0.2, 0.25) is 0 Å². The van der Waals surface area contributed by atoms with Crippen molar-refractivity contribution in [1.29, 1.82) is 0 Å². The molecule has 0 bridgehead atoms. The van der Waals surface area contributed by atoms with Crippen molar-refractivity contribution in [3.05, 3.63) is 60.8 Å². The Kier molecular flexibility index (Phi) is 59.2. The number of carbonyl (C=O) groups excluding carboxylic acids is 3. The summed E-state index contributed by atoms with van der Waals surface area (Å²) in [7, 11) is 0. The zero-order chi connectivity index (χ0) is 52.9. The average molecular weight is 1020 g/mol. The van der Waals surface area contributed by atoms with E-state index in [2.05, 4.69) is 81.5 Å². The van der Waals surface area contributed by atoms with Crippen molar-refractivity contribution < 1.29 is 28.6 Å². The molecule has 0 aromatic rings. The van der Waals surface area contributed by atoms with Crippen molar-refractivity contribution in [2.24, 2.45) is 0 Å². The maximum atomic E-state index is 12.9. The minimum atomic E-state index is -0.786. The molecule has 0 saturated carbocycles. The summed E-state index contributed by atoms with van der Waals surface area (Å²) in [6.45, 7) is 6.62. The summed E-state index contributed by atoms with van der Waals surface area (Å²) in [6, 6.07) is 0. The Bertz CT molecular complexity index is 1310. The van der Waals surface area contributed by atoms with Gasteiger partial charge in [-0.1, -0.05) is 261 Å². The predicted molar refractivity (Wildman–Crippen MR) is 316 cm³/mol. The highest BCUT2D eigenvalue weighted by atomic mass is 16.6. The first-order valence-corrected chi connectivity index (χ1v) is 31.8. The van der Waals surface area contributed by atoms with Crippen LogP contribution in [-0.2, 0) is 28.6 Å². The van der Waals surface area contributed by atoms with Crippen LogP contribution in [0.4, 0.5) is 0 Å². The van der Waals surface area contributed by atoms with Crippen LogP contribution in [0, 0.1) is 0 Å². The molecule has 0 aliphatic heterocycles. The molecule has 6 nitrogen and oxygen atoms in total. The fourth-order valence-electron chi connectivity index (χ4n) is 9.15. The highest BCUT2D eigenvalue weighted by molar-refractivity contribution is 5.71. The number of ether oxygens (including phenoxy) is 3. The lowest BCUT2D eigenvalue weighted by Gasteiger charge is -2.18. The van der Waals surface area contributed by atoms with Crippen molar-refractivity contribution in [1.82, 2.24) is 0 Å². The molecule has 424 valence electrons. The van der Waals surface area contributed by atoms with Gasteiger partial charge in [-0.3, -0.25) is 14.4 Å². The number of allylic oxidation sites excluding steroid dienone is 10. The summed E-state index contributed by atoms with van der Waals surface area (Å²) in [5.41, 5.74) is 0. The van der Waals surface area contributed by atoms with E-state index in [4.69, 9.17) is 14.2 Å². The first-order chi connectivity index (χ1) is 36.0. The minimum absolute atomic E-state index is 0.0822. The summed E-state index contributed by atoms with van der Waals surface area (Å²) in [5.74, 6) is -0.893. The summed E-state index contributed by atoms with van der Waals surface area (Å²) < 4.78 is 16.9. The van der Waals surface area contributed by atoms with E-state index in [1.165, 1.54) is 205 Å². The molecule has 0 heterocycles. The van der Waals surface area contributed by atoms with Gasteiger partial charge in [0, 0.05) is 19.3 Å². The molecule has 0 spiro atoms. The van der Waals surface area contributed by atoms with Gasteiger partial charge in [0.2, 0.25) is 0 Å². The fraction of sp³-hybridized carbons (Fsp3) is 0.806. The van der Waals surface area contributed by atoms with Gasteiger partial charge in [0.25, 0.3) is 0 Å². The molecular formula is C67H120O6. The van der Waals surface area contributed by atoms with Gasteiger partial charge >= 0.3 is 17.9 Å². The van der Waals surface area contributed by atoms with Gasteiger partial charge in [-0.15, -0.1) is 0 Å². The number of esters is 3. The van der Waals surface area contributed by atoms with Gasteiger partial charge in [0.05, 0.1) is 0 Å². The third-order valence-corrected chi connectivity index (χ3v) is 14.0. The first kappa shape index (κ1) is 70.1. The SMILES string of the molecule is CCCCC/C=C\C/C=C\C/C=C\CCCCCCC(=O)OC[C@H](COC(=O)CCCCCCCCC/C=C\CCCCCCCC)OC(=O)CCCCCCCCCCCCC/C=C\CCCCCCCC. The molecule has 0 aliphatic carbocycles. The standard InChI is InChI=1S/C67H120O6/c1-4-7-10-13-16-19-22-25-28-31-32-33-34-37-40-43-46-49-52-55-58-61-67(70)73-64(62-71-65(68)59-56-53-50-47-44-41-38-35-29-26-23-20-17-14-11-8-5-2)63-72-66(69)60-57-54-51-48-45-42-39-36-30-27-24-21-18-15-12-9-6-3/h17,20,25-30,38,41,64H,4-16,18-19,21-24,31-37,39-40,42-63H2,1-3H3/b20-17-,28-25-,29-26-,30-27-,41-38-/t64-/m1/s1. The van der Waals surface area contributed by atoms with Crippen LogP contribution in [-0.4, -0.2) is 37.2 Å². The van der Waals surface area contributed by atoms with Crippen molar-refractivity contribution in [3.8, 4) is 0 Å². The van der Waals surface area contributed by atoms with Crippen molar-refractivity contribution in [2.75, 3.05) is 13.2 Å². The molecule has 0 N–H and O–H groups in total. The molecule has 0 aromatic heterocycles. The minimum Gasteiger partial charge on any atom is -0.462 e. The first-order valence-electron chi connectivity index (χ1n) is 31.8. The molecule has 0 radical (unpaired) electrons. The molecule has 0 unspecified atom stereocenters. The summed E-state index contributed by atoms with van der Waals surface area (Å²) in [5, 5.41) is 0. The van der Waals surface area contributed by atoms with Crippen molar-refractivity contribution >= 4 is 17.9 Å². The Labute approximate surface area is 453 Å². The van der Waals surface area contributed by atoms with Crippen molar-refractivity contribution in [2.45, 2.75) is 335 Å². The highest BCUT2D eigenvalue weighted by Crippen LogP contribution is 2.16. The second-order valence-corrected chi connectivity index (χ2v) is 21.3. The number of unbranched alkanes of at least 4 members (excludes halogenated alkanes) is 37. The topological polar surface area (TPSA) is 78.9 Å². The van der Waals surface area contributed by atoms with E-state index >= 15 is 0 Å². The van der Waals surface area contributed by atoms with Crippen molar-refractivity contribution in [3.63, 3.8) is 0 Å². The lowest BCUT2D eigenvalue weighted by Crippen LogP contribution is -2.30. The molecule has 0 amide bonds. The smallest absolute Gasteiger partial charge is 0.306 e. The molecule has 1 atom stereocenters. The van der Waals surface area contributed by atoms with E-state index in [-0.39, 0.29) is 31.1 Å². The molecule has 6 heteroatoms. The van der Waals surface area contributed by atoms with Crippen LogP contribution < -0.4 is 0 Å². The number of rotatable bonds is 58. The maximum absolute atomic E-state index is 12.9. The number of hydrogen-bond donors (Lipinski definition) is 0.